The van der Waals surface area contributed by atoms with Gasteiger partial charge in [-0.3, -0.25) is 10.1 Å². The number of non-ortho nitro benzene ring substituents is 1. The molecule has 0 bridgehead atoms. The number of nitrogens with zero attached hydrogens (tertiary/aromatic N) is 1. The Morgan fingerprint density at radius 2 is 1.95 bits per heavy atom. The van der Waals surface area contributed by atoms with Crippen LogP contribution < -0.4 is 4.74 Å². The normalized spacial score (nSPS) is 11.9. The van der Waals surface area contributed by atoms with Crippen LogP contribution in [0.25, 0.3) is 0 Å². The van der Waals surface area contributed by atoms with Crippen molar-refractivity contribution < 1.29 is 19.2 Å². The van der Waals surface area contributed by atoms with Crippen molar-refractivity contribution in [1.82, 2.24) is 0 Å². The van der Waals surface area contributed by atoms with Gasteiger partial charge < -0.3 is 9.84 Å². The van der Waals surface area contributed by atoms with E-state index < -0.39 is 11.0 Å². The lowest BCUT2D eigenvalue weighted by Gasteiger charge is -2.12. The number of nitro groups is 1. The second-order valence-corrected chi connectivity index (χ2v) is 4.13. The molecule has 2 rings (SSSR count). The van der Waals surface area contributed by atoms with Crippen LogP contribution in [0.2, 0.25) is 0 Å². The summed E-state index contributed by atoms with van der Waals surface area (Å²) in [4.78, 5) is 10.1. The van der Waals surface area contributed by atoms with Gasteiger partial charge in [0.1, 0.15) is 24.3 Å². The second kappa shape index (κ2) is 6.12. The third-order valence-electron chi connectivity index (χ3n) is 2.69. The molecular formula is C14H12FNO4. The smallest absolute Gasteiger partial charge is 0.269 e. The highest BCUT2D eigenvalue weighted by molar-refractivity contribution is 5.35. The summed E-state index contributed by atoms with van der Waals surface area (Å²) in [6.07, 6.45) is -1.00. The summed E-state index contributed by atoms with van der Waals surface area (Å²) < 4.78 is 18.0. The largest absolute Gasteiger partial charge is 0.491 e. The van der Waals surface area contributed by atoms with Crippen LogP contribution in [-0.2, 0) is 0 Å². The van der Waals surface area contributed by atoms with Gasteiger partial charge in [0.05, 0.1) is 4.92 Å². The molecule has 5 nitrogen and oxygen atoms in total. The maximum absolute atomic E-state index is 12.7. The molecule has 0 aliphatic heterocycles. The van der Waals surface area contributed by atoms with Gasteiger partial charge in [0.2, 0.25) is 0 Å². The number of benzene rings is 2. The average molecular weight is 277 g/mol. The van der Waals surface area contributed by atoms with E-state index in [9.17, 15) is 19.6 Å². The summed E-state index contributed by atoms with van der Waals surface area (Å²) in [5.74, 6) is 0.0347. The quantitative estimate of drug-likeness (QED) is 0.673. The van der Waals surface area contributed by atoms with E-state index in [0.29, 0.717) is 11.3 Å². The van der Waals surface area contributed by atoms with E-state index in [1.165, 1.54) is 42.5 Å². The van der Waals surface area contributed by atoms with Crippen molar-refractivity contribution in [2.75, 3.05) is 6.61 Å². The predicted octanol–water partition coefficient (Wildman–Crippen LogP) is 2.85. The fourth-order valence-corrected chi connectivity index (χ4v) is 1.65. The van der Waals surface area contributed by atoms with Crippen molar-refractivity contribution in [3.63, 3.8) is 0 Å². The van der Waals surface area contributed by atoms with Gasteiger partial charge in [0.15, 0.2) is 0 Å². The van der Waals surface area contributed by atoms with Gasteiger partial charge in [0.25, 0.3) is 5.69 Å². The number of aliphatic hydroxyl groups excluding tert-OH is 1. The number of hydrogen-bond acceptors (Lipinski definition) is 4. The number of nitro benzene ring substituents is 1. The Hall–Kier alpha value is -2.47. The first-order chi connectivity index (χ1) is 9.56. The van der Waals surface area contributed by atoms with Crippen molar-refractivity contribution in [3.05, 3.63) is 70.0 Å². The highest BCUT2D eigenvalue weighted by atomic mass is 19.1. The van der Waals surface area contributed by atoms with Gasteiger partial charge in [-0.05, 0) is 29.8 Å². The zero-order valence-corrected chi connectivity index (χ0v) is 10.4. The van der Waals surface area contributed by atoms with E-state index in [0.717, 1.165) is 0 Å². The van der Waals surface area contributed by atoms with E-state index >= 15 is 0 Å². The molecular weight excluding hydrogens is 265 g/mol. The van der Waals surface area contributed by atoms with Crippen LogP contribution in [0.5, 0.6) is 5.75 Å². The summed E-state index contributed by atoms with van der Waals surface area (Å²) in [5.41, 5.74) is 0.296. The van der Waals surface area contributed by atoms with Crippen molar-refractivity contribution in [3.8, 4) is 5.75 Å². The molecule has 1 atom stereocenters. The summed E-state index contributed by atoms with van der Waals surface area (Å²) >= 11 is 0. The van der Waals surface area contributed by atoms with Crippen LogP contribution in [-0.4, -0.2) is 16.6 Å². The Labute approximate surface area is 114 Å². The van der Waals surface area contributed by atoms with Crippen LogP contribution in [0.15, 0.2) is 48.5 Å². The van der Waals surface area contributed by atoms with E-state index in [2.05, 4.69) is 0 Å². The fourth-order valence-electron chi connectivity index (χ4n) is 1.65. The Morgan fingerprint density at radius 3 is 2.60 bits per heavy atom. The zero-order valence-electron chi connectivity index (χ0n) is 10.4. The van der Waals surface area contributed by atoms with Crippen molar-refractivity contribution in [1.29, 1.82) is 0 Å². The zero-order chi connectivity index (χ0) is 14.5. The molecule has 2 aromatic rings. The first kappa shape index (κ1) is 14.0. The third-order valence-corrected chi connectivity index (χ3v) is 2.69. The topological polar surface area (TPSA) is 72.6 Å². The minimum Gasteiger partial charge on any atom is -0.491 e. The highest BCUT2D eigenvalue weighted by Crippen LogP contribution is 2.20. The van der Waals surface area contributed by atoms with Crippen LogP contribution >= 0.6 is 0 Å². The summed E-state index contributed by atoms with van der Waals surface area (Å²) in [7, 11) is 0. The molecule has 0 aromatic heterocycles. The van der Waals surface area contributed by atoms with Crippen LogP contribution in [0.4, 0.5) is 10.1 Å². The van der Waals surface area contributed by atoms with Crippen LogP contribution in [0.1, 0.15) is 11.7 Å². The standard InChI is InChI=1S/C14H12FNO4/c15-11-4-6-13(7-5-11)20-9-14(17)10-2-1-3-12(8-10)16(18)19/h1-8,14,17H,9H2. The lowest BCUT2D eigenvalue weighted by atomic mass is 10.1. The molecule has 104 valence electrons. The summed E-state index contributed by atoms with van der Waals surface area (Å²) in [5, 5.41) is 20.6. The van der Waals surface area contributed by atoms with Crippen molar-refractivity contribution >= 4 is 5.69 Å². The first-order valence-electron chi connectivity index (χ1n) is 5.87. The van der Waals surface area contributed by atoms with Crippen molar-refractivity contribution in [2.45, 2.75) is 6.10 Å². The van der Waals surface area contributed by atoms with E-state index in [1.807, 2.05) is 0 Å². The van der Waals surface area contributed by atoms with Gasteiger partial charge in [-0.25, -0.2) is 4.39 Å². The second-order valence-electron chi connectivity index (χ2n) is 4.13. The molecule has 0 heterocycles. The van der Waals surface area contributed by atoms with Gasteiger partial charge in [-0.1, -0.05) is 12.1 Å². The van der Waals surface area contributed by atoms with E-state index in [-0.39, 0.29) is 18.1 Å². The summed E-state index contributed by atoms with van der Waals surface area (Å²) in [6, 6.07) is 11.1. The lowest BCUT2D eigenvalue weighted by Crippen LogP contribution is -2.09. The maximum atomic E-state index is 12.7. The molecule has 0 saturated carbocycles. The molecule has 1 unspecified atom stereocenters. The molecule has 0 aliphatic rings. The lowest BCUT2D eigenvalue weighted by molar-refractivity contribution is -0.385. The Morgan fingerprint density at radius 1 is 1.25 bits per heavy atom. The molecule has 0 fully saturated rings. The van der Waals surface area contributed by atoms with Crippen molar-refractivity contribution in [2.24, 2.45) is 0 Å². The molecule has 0 saturated heterocycles. The molecule has 0 amide bonds. The molecule has 20 heavy (non-hydrogen) atoms. The minimum absolute atomic E-state index is 0.0766. The van der Waals surface area contributed by atoms with Crippen LogP contribution in [0, 0.1) is 15.9 Å². The molecule has 1 N–H and O–H groups in total. The minimum atomic E-state index is -1.00. The van der Waals surface area contributed by atoms with Crippen LogP contribution in [0.3, 0.4) is 0 Å². The van der Waals surface area contributed by atoms with Gasteiger partial charge >= 0.3 is 0 Å². The summed E-state index contributed by atoms with van der Waals surface area (Å²) in [6.45, 7) is -0.0766. The number of ether oxygens (including phenoxy) is 1. The molecule has 6 heteroatoms. The predicted molar refractivity (Wildman–Crippen MR) is 70.0 cm³/mol. The fraction of sp³-hybridized carbons (Fsp3) is 0.143. The molecule has 0 radical (unpaired) electrons. The number of aliphatic hydroxyl groups is 1. The first-order valence-corrected chi connectivity index (χ1v) is 5.87. The van der Waals surface area contributed by atoms with Gasteiger partial charge in [-0.15, -0.1) is 0 Å². The third kappa shape index (κ3) is 3.52. The number of rotatable bonds is 5. The number of hydrogen-bond donors (Lipinski definition) is 1. The molecule has 0 spiro atoms. The average Bonchev–Trinajstić information content (AvgIpc) is 2.46. The Kier molecular flexibility index (Phi) is 4.27. The maximum Gasteiger partial charge on any atom is 0.269 e. The number of halogens is 1. The SMILES string of the molecule is O=[N+]([O-])c1cccc(C(O)COc2ccc(F)cc2)c1. The van der Waals surface area contributed by atoms with Gasteiger partial charge in [0, 0.05) is 12.1 Å². The molecule has 0 aliphatic carbocycles. The Balaban J connectivity index is 2.01. The molecule has 2 aromatic carbocycles. The monoisotopic (exact) mass is 277 g/mol. The Bertz CT molecular complexity index is 600. The van der Waals surface area contributed by atoms with E-state index in [4.69, 9.17) is 4.74 Å². The van der Waals surface area contributed by atoms with E-state index in [1.54, 1.807) is 6.07 Å². The highest BCUT2D eigenvalue weighted by Gasteiger charge is 2.13. The van der Waals surface area contributed by atoms with Gasteiger partial charge in [-0.2, -0.15) is 0 Å².